The van der Waals surface area contributed by atoms with Crippen molar-refractivity contribution in [3.8, 4) is 5.75 Å². The predicted octanol–water partition coefficient (Wildman–Crippen LogP) is 3.19. The van der Waals surface area contributed by atoms with Crippen LogP contribution in [-0.4, -0.2) is 35.1 Å². The van der Waals surface area contributed by atoms with E-state index in [1.807, 2.05) is 22.5 Å². The fourth-order valence-electron chi connectivity index (χ4n) is 3.57. The van der Waals surface area contributed by atoms with Crippen molar-refractivity contribution in [3.05, 3.63) is 46.8 Å². The molecule has 1 aromatic carbocycles. The number of carbonyl (C=O) groups is 1. The molecule has 1 aliphatic rings. The lowest BCUT2D eigenvalue weighted by Crippen LogP contribution is -2.30. The van der Waals surface area contributed by atoms with Crippen molar-refractivity contribution in [2.24, 2.45) is 12.0 Å². The lowest BCUT2D eigenvalue weighted by Gasteiger charge is -2.21. The van der Waals surface area contributed by atoms with Crippen LogP contribution in [0.5, 0.6) is 5.75 Å². The van der Waals surface area contributed by atoms with Crippen molar-refractivity contribution in [3.63, 3.8) is 0 Å². The summed E-state index contributed by atoms with van der Waals surface area (Å²) in [4.78, 5) is 17.2. The molecule has 1 aliphatic heterocycles. The number of rotatable bonds is 4. The maximum absolute atomic E-state index is 13.7. The molecule has 3 rings (SSSR count). The normalized spacial score (nSPS) is 17.9. The Labute approximate surface area is 164 Å². The van der Waals surface area contributed by atoms with Crippen LogP contribution in [0.25, 0.3) is 0 Å². The highest BCUT2D eigenvalue weighted by atomic mass is 19.1. The zero-order valence-corrected chi connectivity index (χ0v) is 17.2. The van der Waals surface area contributed by atoms with Gasteiger partial charge >= 0.3 is 0 Å². The van der Waals surface area contributed by atoms with Crippen LogP contribution in [0.15, 0.2) is 29.3 Å². The Morgan fingerprint density at radius 2 is 2.11 bits per heavy atom. The number of hydrogen-bond acceptors (Lipinski definition) is 3. The molecule has 1 saturated heterocycles. The van der Waals surface area contributed by atoms with E-state index in [-0.39, 0.29) is 17.1 Å². The molecule has 0 bridgehead atoms. The van der Waals surface area contributed by atoms with Gasteiger partial charge in [-0.2, -0.15) is 4.99 Å². The van der Waals surface area contributed by atoms with Crippen LogP contribution in [0, 0.1) is 5.82 Å². The highest BCUT2D eigenvalue weighted by molar-refractivity contribution is 5.97. The number of nitrogens with zero attached hydrogens (tertiary/aromatic N) is 3. The van der Waals surface area contributed by atoms with Crippen molar-refractivity contribution in [1.82, 2.24) is 9.36 Å². The van der Waals surface area contributed by atoms with E-state index in [1.54, 1.807) is 0 Å². The van der Waals surface area contributed by atoms with Crippen molar-refractivity contribution < 1.29 is 18.7 Å². The van der Waals surface area contributed by atoms with Gasteiger partial charge in [-0.25, -0.2) is 4.39 Å². The molecule has 28 heavy (non-hydrogen) atoms. The Kier molecular flexibility index (Phi) is 5.74. The van der Waals surface area contributed by atoms with Gasteiger partial charge in [-0.15, -0.1) is 0 Å². The van der Waals surface area contributed by atoms with Gasteiger partial charge < -0.3 is 9.47 Å². The van der Waals surface area contributed by atoms with Gasteiger partial charge in [0.25, 0.3) is 5.91 Å². The summed E-state index contributed by atoms with van der Waals surface area (Å²) in [5, 5.41) is 0. The first-order valence-corrected chi connectivity index (χ1v) is 9.52. The van der Waals surface area contributed by atoms with Crippen molar-refractivity contribution in [2.75, 3.05) is 13.7 Å². The second kappa shape index (κ2) is 7.91. The Morgan fingerprint density at radius 3 is 2.71 bits per heavy atom. The minimum absolute atomic E-state index is 0.0965. The van der Waals surface area contributed by atoms with Crippen LogP contribution in [-0.2, 0) is 23.7 Å². The topological polar surface area (TPSA) is 57.8 Å². The second-order valence-corrected chi connectivity index (χ2v) is 8.14. The van der Waals surface area contributed by atoms with Gasteiger partial charge in [-0.1, -0.05) is 20.8 Å². The van der Waals surface area contributed by atoms with Gasteiger partial charge in [0, 0.05) is 30.8 Å². The number of hydrogen-bond donors (Lipinski definition) is 0. The van der Waals surface area contributed by atoms with E-state index in [4.69, 9.17) is 9.47 Å². The van der Waals surface area contributed by atoms with E-state index in [9.17, 15) is 9.18 Å². The molecule has 0 radical (unpaired) electrons. The summed E-state index contributed by atoms with van der Waals surface area (Å²) in [5.74, 6) is -0.744. The van der Waals surface area contributed by atoms with E-state index in [0.29, 0.717) is 17.8 Å². The molecule has 6 nitrogen and oxygen atoms in total. The Balaban J connectivity index is 2.08. The molecule has 2 heterocycles. The summed E-state index contributed by atoms with van der Waals surface area (Å²) < 4.78 is 28.6. The third-order valence-corrected chi connectivity index (χ3v) is 5.02. The van der Waals surface area contributed by atoms with E-state index >= 15 is 0 Å². The number of aromatic nitrogens is 2. The molecule has 1 amide bonds. The lowest BCUT2D eigenvalue weighted by atomic mass is 9.92. The van der Waals surface area contributed by atoms with E-state index < -0.39 is 11.7 Å². The average molecular weight is 389 g/mol. The standard InChI is InChI=1S/C21H28FN3O3/c1-21(2,3)18-12-19(25(24(18)4)13-15-7-6-10-28-15)23-20(26)16-11-14(22)8-9-17(16)27-5/h8-9,11-12,15H,6-7,10,13H2,1-5H3/b23-19-/t15-/m1/s1. The first kappa shape index (κ1) is 20.3. The maximum Gasteiger partial charge on any atom is 0.282 e. The molecule has 0 unspecified atom stereocenters. The molecular weight excluding hydrogens is 361 g/mol. The minimum Gasteiger partial charge on any atom is -0.496 e. The number of ether oxygens (including phenoxy) is 2. The van der Waals surface area contributed by atoms with Gasteiger partial charge in [0.05, 0.1) is 25.3 Å². The fraction of sp³-hybridized carbons (Fsp3) is 0.524. The third-order valence-electron chi connectivity index (χ3n) is 5.02. The van der Waals surface area contributed by atoms with Gasteiger partial charge in [0.15, 0.2) is 5.49 Å². The zero-order chi connectivity index (χ0) is 20.5. The molecule has 1 fully saturated rings. The number of benzene rings is 1. The van der Waals surface area contributed by atoms with Crippen molar-refractivity contribution >= 4 is 5.91 Å². The highest BCUT2D eigenvalue weighted by Gasteiger charge is 2.24. The molecule has 7 heteroatoms. The molecule has 152 valence electrons. The van der Waals surface area contributed by atoms with Crippen LogP contribution in [0.2, 0.25) is 0 Å². The van der Waals surface area contributed by atoms with E-state index in [2.05, 4.69) is 25.8 Å². The second-order valence-electron chi connectivity index (χ2n) is 8.14. The quantitative estimate of drug-likeness (QED) is 0.807. The number of carbonyl (C=O) groups excluding carboxylic acids is 1. The summed E-state index contributed by atoms with van der Waals surface area (Å²) in [7, 11) is 3.41. The van der Waals surface area contributed by atoms with Crippen molar-refractivity contribution in [1.29, 1.82) is 0 Å². The molecule has 0 saturated carbocycles. The molecule has 1 atom stereocenters. The molecular formula is C21H28FN3O3. The molecule has 0 N–H and O–H groups in total. The lowest BCUT2D eigenvalue weighted by molar-refractivity contribution is 0.0885. The summed E-state index contributed by atoms with van der Waals surface area (Å²) >= 11 is 0. The van der Waals surface area contributed by atoms with Crippen LogP contribution >= 0.6 is 0 Å². The first-order chi connectivity index (χ1) is 13.2. The first-order valence-electron chi connectivity index (χ1n) is 9.52. The van der Waals surface area contributed by atoms with E-state index in [0.717, 1.165) is 31.2 Å². The molecule has 1 aromatic heterocycles. The van der Waals surface area contributed by atoms with Gasteiger partial charge in [0.2, 0.25) is 0 Å². The molecule has 0 aliphatic carbocycles. The van der Waals surface area contributed by atoms with Gasteiger partial charge in [-0.3, -0.25) is 14.2 Å². The largest absolute Gasteiger partial charge is 0.496 e. The minimum atomic E-state index is -0.538. The summed E-state index contributed by atoms with van der Waals surface area (Å²) in [6.07, 6.45) is 2.11. The molecule has 0 spiro atoms. The summed E-state index contributed by atoms with van der Waals surface area (Å²) in [5.41, 5.74) is 1.55. The molecule has 2 aromatic rings. The smallest absolute Gasteiger partial charge is 0.282 e. The Hall–Kier alpha value is -2.41. The Bertz CT molecular complexity index is 931. The van der Waals surface area contributed by atoms with Gasteiger partial charge in [0.1, 0.15) is 11.6 Å². The average Bonchev–Trinajstić information content (AvgIpc) is 3.24. The fourth-order valence-corrected chi connectivity index (χ4v) is 3.57. The zero-order valence-electron chi connectivity index (χ0n) is 17.2. The van der Waals surface area contributed by atoms with E-state index in [1.165, 1.54) is 19.2 Å². The number of amides is 1. The van der Waals surface area contributed by atoms with Gasteiger partial charge in [-0.05, 0) is 31.0 Å². The third kappa shape index (κ3) is 4.19. The van der Waals surface area contributed by atoms with Crippen molar-refractivity contribution in [2.45, 2.75) is 51.7 Å². The van der Waals surface area contributed by atoms with Crippen LogP contribution in [0.4, 0.5) is 4.39 Å². The monoisotopic (exact) mass is 389 g/mol. The number of methoxy groups -OCH3 is 1. The van der Waals surface area contributed by atoms with Crippen LogP contribution in [0.3, 0.4) is 0 Å². The summed E-state index contributed by atoms with van der Waals surface area (Å²) in [6, 6.07) is 5.76. The SMILES string of the molecule is COc1ccc(F)cc1C(=O)/N=c1/cc(C(C)(C)C)n(C)n1C[C@H]1CCCO1. The predicted molar refractivity (Wildman–Crippen MR) is 104 cm³/mol. The maximum atomic E-state index is 13.7. The highest BCUT2D eigenvalue weighted by Crippen LogP contribution is 2.23. The number of halogens is 1. The van der Waals surface area contributed by atoms with Crippen LogP contribution < -0.4 is 10.2 Å². The summed E-state index contributed by atoms with van der Waals surface area (Å²) in [6.45, 7) is 7.70. The Morgan fingerprint density at radius 1 is 1.36 bits per heavy atom. The van der Waals surface area contributed by atoms with Crippen LogP contribution in [0.1, 0.15) is 49.7 Å².